The first kappa shape index (κ1) is 12.3. The molecule has 0 saturated carbocycles. The van der Waals surface area contributed by atoms with Crippen molar-refractivity contribution in [3.8, 4) is 0 Å². The van der Waals surface area contributed by atoms with Crippen LogP contribution in [0.2, 0.25) is 0 Å². The lowest BCUT2D eigenvalue weighted by atomic mass is 10.1. The van der Waals surface area contributed by atoms with E-state index in [1.165, 1.54) is 0 Å². The van der Waals surface area contributed by atoms with E-state index in [9.17, 15) is 8.78 Å². The highest BCUT2D eigenvalue weighted by molar-refractivity contribution is 5.77. The van der Waals surface area contributed by atoms with E-state index in [0.29, 0.717) is 6.42 Å². The zero-order valence-electron chi connectivity index (χ0n) is 8.06. The fourth-order valence-electron chi connectivity index (χ4n) is 1.23. The standard InChI is InChI=1S/C8H17F2N3/c1-3-6(4-8(11)12)13(2)5-7(9)10/h6-7H,3-5H2,1-2H3,(H3,11,12). The smallest absolute Gasteiger partial charge is 0.251 e. The highest BCUT2D eigenvalue weighted by atomic mass is 19.3. The van der Waals surface area contributed by atoms with Crippen LogP contribution in [-0.4, -0.2) is 36.8 Å². The predicted molar refractivity (Wildman–Crippen MR) is 49.2 cm³/mol. The van der Waals surface area contributed by atoms with Gasteiger partial charge < -0.3 is 5.73 Å². The third-order valence-electron chi connectivity index (χ3n) is 1.98. The molecule has 1 unspecified atom stereocenters. The van der Waals surface area contributed by atoms with Gasteiger partial charge in [0.25, 0.3) is 6.43 Å². The lowest BCUT2D eigenvalue weighted by Gasteiger charge is -2.26. The van der Waals surface area contributed by atoms with Crippen molar-refractivity contribution in [2.24, 2.45) is 5.73 Å². The van der Waals surface area contributed by atoms with Gasteiger partial charge in [-0.15, -0.1) is 0 Å². The molecular weight excluding hydrogens is 176 g/mol. The molecule has 0 radical (unpaired) electrons. The van der Waals surface area contributed by atoms with Crippen LogP contribution >= 0.6 is 0 Å². The Morgan fingerprint density at radius 2 is 2.08 bits per heavy atom. The first-order chi connectivity index (χ1) is 5.97. The molecule has 0 saturated heterocycles. The van der Waals surface area contributed by atoms with Crippen molar-refractivity contribution in [3.63, 3.8) is 0 Å². The molecule has 0 aromatic carbocycles. The van der Waals surface area contributed by atoms with Crippen molar-refractivity contribution in [2.45, 2.75) is 32.2 Å². The van der Waals surface area contributed by atoms with E-state index in [1.54, 1.807) is 11.9 Å². The number of hydrogen-bond donors (Lipinski definition) is 2. The van der Waals surface area contributed by atoms with Crippen molar-refractivity contribution in [2.75, 3.05) is 13.6 Å². The van der Waals surface area contributed by atoms with Crippen LogP contribution in [0.3, 0.4) is 0 Å². The number of amidine groups is 1. The lowest BCUT2D eigenvalue weighted by molar-refractivity contribution is 0.0809. The summed E-state index contributed by atoms with van der Waals surface area (Å²) in [6.07, 6.45) is -1.24. The zero-order valence-corrected chi connectivity index (χ0v) is 8.06. The van der Waals surface area contributed by atoms with Gasteiger partial charge in [0, 0.05) is 12.5 Å². The second kappa shape index (κ2) is 5.85. The molecule has 3 nitrogen and oxygen atoms in total. The number of alkyl halides is 2. The van der Waals surface area contributed by atoms with Crippen LogP contribution < -0.4 is 5.73 Å². The quantitative estimate of drug-likeness (QED) is 0.493. The summed E-state index contributed by atoms with van der Waals surface area (Å²) in [5.74, 6) is 0.0490. The fourth-order valence-corrected chi connectivity index (χ4v) is 1.23. The fraction of sp³-hybridized carbons (Fsp3) is 0.875. The topological polar surface area (TPSA) is 53.1 Å². The third-order valence-corrected chi connectivity index (χ3v) is 1.98. The largest absolute Gasteiger partial charge is 0.388 e. The van der Waals surface area contributed by atoms with Gasteiger partial charge in [0.1, 0.15) is 0 Å². The molecule has 0 bridgehead atoms. The number of halogens is 2. The van der Waals surface area contributed by atoms with Crippen molar-refractivity contribution in [1.29, 1.82) is 5.41 Å². The molecule has 0 aliphatic carbocycles. The van der Waals surface area contributed by atoms with Crippen LogP contribution in [0, 0.1) is 5.41 Å². The highest BCUT2D eigenvalue weighted by Gasteiger charge is 2.17. The van der Waals surface area contributed by atoms with E-state index in [4.69, 9.17) is 11.1 Å². The Labute approximate surface area is 77.4 Å². The Bertz CT molecular complexity index is 161. The molecule has 0 aliphatic rings. The molecular formula is C8H17F2N3. The monoisotopic (exact) mass is 193 g/mol. The molecule has 0 aromatic rings. The van der Waals surface area contributed by atoms with Crippen LogP contribution in [0.5, 0.6) is 0 Å². The summed E-state index contributed by atoms with van der Waals surface area (Å²) in [7, 11) is 1.63. The molecule has 0 rings (SSSR count). The van der Waals surface area contributed by atoms with Crippen LogP contribution in [0.1, 0.15) is 19.8 Å². The van der Waals surface area contributed by atoms with E-state index >= 15 is 0 Å². The molecule has 0 heterocycles. The Kier molecular flexibility index (Phi) is 5.53. The maximum absolute atomic E-state index is 12.0. The number of nitrogens with one attached hydrogen (secondary N) is 1. The van der Waals surface area contributed by atoms with E-state index in [-0.39, 0.29) is 18.4 Å². The summed E-state index contributed by atoms with van der Waals surface area (Å²) in [4.78, 5) is 1.55. The van der Waals surface area contributed by atoms with Gasteiger partial charge in [0.05, 0.1) is 12.4 Å². The molecule has 5 heteroatoms. The van der Waals surface area contributed by atoms with E-state index in [0.717, 1.165) is 6.42 Å². The lowest BCUT2D eigenvalue weighted by Crippen LogP contribution is -2.37. The summed E-state index contributed by atoms with van der Waals surface area (Å²) < 4.78 is 24.0. The number of rotatable bonds is 6. The maximum Gasteiger partial charge on any atom is 0.251 e. The zero-order chi connectivity index (χ0) is 10.4. The number of hydrogen-bond acceptors (Lipinski definition) is 2. The molecule has 13 heavy (non-hydrogen) atoms. The molecule has 78 valence electrons. The van der Waals surface area contributed by atoms with Gasteiger partial charge in [0.15, 0.2) is 0 Å². The molecule has 0 aliphatic heterocycles. The highest BCUT2D eigenvalue weighted by Crippen LogP contribution is 2.08. The van der Waals surface area contributed by atoms with Gasteiger partial charge in [-0.1, -0.05) is 6.92 Å². The van der Waals surface area contributed by atoms with Crippen molar-refractivity contribution in [1.82, 2.24) is 4.90 Å². The van der Waals surface area contributed by atoms with Gasteiger partial charge in [-0.3, -0.25) is 10.3 Å². The molecule has 0 aromatic heterocycles. The molecule has 0 fully saturated rings. The minimum atomic E-state index is -2.33. The van der Waals surface area contributed by atoms with Crippen LogP contribution in [0.25, 0.3) is 0 Å². The first-order valence-electron chi connectivity index (χ1n) is 4.28. The molecule has 3 N–H and O–H groups in total. The second-order valence-corrected chi connectivity index (χ2v) is 3.12. The minimum Gasteiger partial charge on any atom is -0.388 e. The van der Waals surface area contributed by atoms with Gasteiger partial charge in [-0.05, 0) is 13.5 Å². The Morgan fingerprint density at radius 1 is 1.54 bits per heavy atom. The Balaban J connectivity index is 3.98. The van der Waals surface area contributed by atoms with Gasteiger partial charge in [-0.2, -0.15) is 0 Å². The normalized spacial score (nSPS) is 13.7. The average Bonchev–Trinajstić information content (AvgIpc) is 1.98. The number of nitrogens with two attached hydrogens (primary N) is 1. The summed E-state index contributed by atoms with van der Waals surface area (Å²) in [6, 6.07) is -0.0495. The Hall–Kier alpha value is -0.710. The molecule has 0 spiro atoms. The van der Waals surface area contributed by atoms with E-state index in [2.05, 4.69) is 0 Å². The van der Waals surface area contributed by atoms with Crippen molar-refractivity contribution < 1.29 is 8.78 Å². The van der Waals surface area contributed by atoms with Crippen LogP contribution in [-0.2, 0) is 0 Å². The maximum atomic E-state index is 12.0. The molecule has 0 amide bonds. The molecule has 1 atom stereocenters. The first-order valence-corrected chi connectivity index (χ1v) is 4.28. The predicted octanol–water partition coefficient (Wildman–Crippen LogP) is 1.29. The summed E-state index contributed by atoms with van der Waals surface area (Å²) >= 11 is 0. The summed E-state index contributed by atoms with van der Waals surface area (Å²) in [5, 5.41) is 7.07. The average molecular weight is 193 g/mol. The van der Waals surface area contributed by atoms with Crippen molar-refractivity contribution >= 4 is 5.84 Å². The van der Waals surface area contributed by atoms with Gasteiger partial charge in [-0.25, -0.2) is 8.78 Å². The summed E-state index contributed by atoms with van der Waals surface area (Å²) in [6.45, 7) is 1.64. The SMILES string of the molecule is CCC(CC(=N)N)N(C)CC(F)F. The Morgan fingerprint density at radius 3 is 2.38 bits per heavy atom. The third kappa shape index (κ3) is 5.52. The second-order valence-electron chi connectivity index (χ2n) is 3.12. The summed E-state index contributed by atoms with van der Waals surface area (Å²) in [5.41, 5.74) is 5.21. The van der Waals surface area contributed by atoms with E-state index in [1.807, 2.05) is 6.92 Å². The van der Waals surface area contributed by atoms with Gasteiger partial charge in [0.2, 0.25) is 0 Å². The van der Waals surface area contributed by atoms with Crippen LogP contribution in [0.15, 0.2) is 0 Å². The number of nitrogens with zero attached hydrogens (tertiary/aromatic N) is 1. The van der Waals surface area contributed by atoms with Gasteiger partial charge >= 0.3 is 0 Å². The van der Waals surface area contributed by atoms with Crippen molar-refractivity contribution in [3.05, 3.63) is 0 Å². The van der Waals surface area contributed by atoms with Crippen LogP contribution in [0.4, 0.5) is 8.78 Å². The minimum absolute atomic E-state index is 0.0490. The van der Waals surface area contributed by atoms with E-state index < -0.39 is 6.43 Å².